The molecule has 0 saturated carbocycles. The lowest BCUT2D eigenvalue weighted by molar-refractivity contribution is 0.0729. The molecule has 0 radical (unpaired) electrons. The Labute approximate surface area is 169 Å². The van der Waals surface area contributed by atoms with Crippen molar-refractivity contribution in [2.24, 2.45) is 5.73 Å². The van der Waals surface area contributed by atoms with E-state index in [2.05, 4.69) is 5.32 Å². The summed E-state index contributed by atoms with van der Waals surface area (Å²) < 4.78 is 42.8. The zero-order valence-corrected chi connectivity index (χ0v) is 16.8. The molecular weight excluding hydrogens is 410 g/mol. The van der Waals surface area contributed by atoms with Gasteiger partial charge >= 0.3 is 0 Å². The number of anilines is 1. The monoisotopic (exact) mass is 431 g/mol. The maximum Gasteiger partial charge on any atom is 0.258 e. The fourth-order valence-corrected chi connectivity index (χ4v) is 4.28. The van der Waals surface area contributed by atoms with Crippen molar-refractivity contribution < 1.29 is 27.1 Å². The molecule has 1 fully saturated rings. The summed E-state index contributed by atoms with van der Waals surface area (Å²) in [4.78, 5) is 12.3. The van der Waals surface area contributed by atoms with Crippen molar-refractivity contribution in [1.82, 2.24) is 4.31 Å². The molecule has 1 aliphatic heterocycles. The summed E-state index contributed by atoms with van der Waals surface area (Å²) in [5, 5.41) is 2.66. The predicted octanol–water partition coefficient (Wildman–Crippen LogP) is 1.44. The number of methoxy groups -OCH3 is 1. The lowest BCUT2D eigenvalue weighted by Crippen LogP contribution is -2.40. The Kier molecular flexibility index (Phi) is 7.44. The van der Waals surface area contributed by atoms with Gasteiger partial charge in [0.25, 0.3) is 5.91 Å². The van der Waals surface area contributed by atoms with Gasteiger partial charge in [0.05, 0.1) is 32.4 Å². The number of nitrogens with one attached hydrogen (secondary N) is 1. The van der Waals surface area contributed by atoms with Crippen LogP contribution in [0.1, 0.15) is 16.1 Å². The summed E-state index contributed by atoms with van der Waals surface area (Å²) >= 11 is 0. The van der Waals surface area contributed by atoms with Crippen molar-refractivity contribution >= 4 is 34.0 Å². The van der Waals surface area contributed by atoms with E-state index in [-0.39, 0.29) is 42.7 Å². The van der Waals surface area contributed by atoms with E-state index in [9.17, 15) is 13.2 Å². The molecule has 3 N–H and O–H groups in total. The van der Waals surface area contributed by atoms with E-state index in [4.69, 9.17) is 19.6 Å². The molecule has 1 aromatic carbocycles. The first-order valence-corrected chi connectivity index (χ1v) is 9.74. The van der Waals surface area contributed by atoms with Crippen molar-refractivity contribution in [3.8, 4) is 5.75 Å². The fourth-order valence-electron chi connectivity index (χ4n) is 2.69. The Hall–Kier alpha value is -2.11. The molecule has 1 aromatic heterocycles. The van der Waals surface area contributed by atoms with Crippen LogP contribution < -0.4 is 15.8 Å². The first-order valence-electron chi connectivity index (χ1n) is 8.30. The Morgan fingerprint density at radius 3 is 2.61 bits per heavy atom. The zero-order chi connectivity index (χ0) is 19.4. The average Bonchev–Trinajstić information content (AvgIpc) is 3.18. The van der Waals surface area contributed by atoms with Crippen LogP contribution in [-0.4, -0.2) is 52.0 Å². The van der Waals surface area contributed by atoms with Crippen molar-refractivity contribution in [3.63, 3.8) is 0 Å². The summed E-state index contributed by atoms with van der Waals surface area (Å²) in [5.74, 6) is 0.247. The van der Waals surface area contributed by atoms with Gasteiger partial charge in [-0.1, -0.05) is 0 Å². The van der Waals surface area contributed by atoms with Gasteiger partial charge in [-0.15, -0.1) is 12.4 Å². The molecule has 0 bridgehead atoms. The van der Waals surface area contributed by atoms with Crippen molar-refractivity contribution in [1.29, 1.82) is 0 Å². The van der Waals surface area contributed by atoms with Gasteiger partial charge < -0.3 is 24.9 Å². The Bertz CT molecular complexity index is 925. The standard InChI is InChI=1S/C17H21N3O6S.ClH/c1-24-15-3-2-13(19-17(21)12-8-14(10-18)26-11-12)9-16(15)27(22,23)20-4-6-25-7-5-20;/h2-3,8-9,11H,4-7,10,18H2,1H3,(H,19,21);1H. The minimum absolute atomic E-state index is 0. The third-order valence-electron chi connectivity index (χ3n) is 4.13. The molecule has 9 nitrogen and oxygen atoms in total. The Balaban J connectivity index is 0.00000280. The van der Waals surface area contributed by atoms with Gasteiger partial charge in [-0.25, -0.2) is 8.42 Å². The van der Waals surface area contributed by atoms with E-state index in [1.807, 2.05) is 0 Å². The number of ether oxygens (including phenoxy) is 2. The summed E-state index contributed by atoms with van der Waals surface area (Å²) in [6.45, 7) is 1.37. The number of amides is 1. The van der Waals surface area contributed by atoms with Crippen LogP contribution in [0.5, 0.6) is 5.75 Å². The third-order valence-corrected chi connectivity index (χ3v) is 6.05. The van der Waals surface area contributed by atoms with Crippen molar-refractivity contribution in [3.05, 3.63) is 41.9 Å². The van der Waals surface area contributed by atoms with Gasteiger partial charge in [0.2, 0.25) is 10.0 Å². The third kappa shape index (κ3) is 4.65. The summed E-state index contributed by atoms with van der Waals surface area (Å²) in [7, 11) is -2.39. The number of sulfonamides is 1. The maximum absolute atomic E-state index is 13.0. The number of carbonyl (C=O) groups is 1. The molecule has 3 rings (SSSR count). The first kappa shape index (κ1) is 22.2. The second-order valence-electron chi connectivity index (χ2n) is 5.84. The molecule has 0 unspecified atom stereocenters. The van der Waals surface area contributed by atoms with Crippen LogP contribution in [0, 0.1) is 0 Å². The largest absolute Gasteiger partial charge is 0.495 e. The van der Waals surface area contributed by atoms with E-state index in [0.717, 1.165) is 0 Å². The molecule has 154 valence electrons. The fraction of sp³-hybridized carbons (Fsp3) is 0.353. The van der Waals surface area contributed by atoms with Crippen LogP contribution in [0.3, 0.4) is 0 Å². The summed E-state index contributed by atoms with van der Waals surface area (Å²) in [6.07, 6.45) is 1.30. The van der Waals surface area contributed by atoms with E-state index in [1.54, 1.807) is 6.07 Å². The second-order valence-corrected chi connectivity index (χ2v) is 7.75. The van der Waals surface area contributed by atoms with Crippen LogP contribution >= 0.6 is 12.4 Å². The summed E-state index contributed by atoms with van der Waals surface area (Å²) in [5.41, 5.74) is 6.08. The number of nitrogens with two attached hydrogens (primary N) is 1. The number of carbonyl (C=O) groups excluding carboxylic acids is 1. The molecule has 0 aliphatic carbocycles. The van der Waals surface area contributed by atoms with E-state index < -0.39 is 15.9 Å². The van der Waals surface area contributed by atoms with E-state index in [0.29, 0.717) is 30.2 Å². The average molecular weight is 432 g/mol. The minimum atomic E-state index is -3.79. The van der Waals surface area contributed by atoms with Crippen LogP contribution in [0.4, 0.5) is 5.69 Å². The van der Waals surface area contributed by atoms with Gasteiger partial charge in [-0.3, -0.25) is 4.79 Å². The van der Waals surface area contributed by atoms with Crippen molar-refractivity contribution in [2.45, 2.75) is 11.4 Å². The Morgan fingerprint density at radius 1 is 1.29 bits per heavy atom. The van der Waals surface area contributed by atoms with Crippen LogP contribution in [-0.2, 0) is 21.3 Å². The quantitative estimate of drug-likeness (QED) is 0.709. The smallest absolute Gasteiger partial charge is 0.258 e. The van der Waals surface area contributed by atoms with E-state index >= 15 is 0 Å². The van der Waals surface area contributed by atoms with Gasteiger partial charge in [0.15, 0.2) is 0 Å². The Morgan fingerprint density at radius 2 is 2.00 bits per heavy atom. The highest BCUT2D eigenvalue weighted by molar-refractivity contribution is 7.89. The van der Waals surface area contributed by atoms with Gasteiger partial charge in [0, 0.05) is 18.8 Å². The van der Waals surface area contributed by atoms with Gasteiger partial charge in [-0.05, 0) is 24.3 Å². The number of benzene rings is 1. The van der Waals surface area contributed by atoms with E-state index in [1.165, 1.54) is 35.9 Å². The molecule has 0 spiro atoms. The normalized spacial score (nSPS) is 14.9. The molecule has 2 aromatic rings. The minimum Gasteiger partial charge on any atom is -0.495 e. The number of hydrogen-bond acceptors (Lipinski definition) is 7. The number of hydrogen-bond donors (Lipinski definition) is 2. The predicted molar refractivity (Wildman–Crippen MR) is 104 cm³/mol. The first-order chi connectivity index (χ1) is 13.0. The van der Waals surface area contributed by atoms with Crippen molar-refractivity contribution in [2.75, 3.05) is 38.7 Å². The molecule has 0 atom stereocenters. The molecule has 1 aliphatic rings. The molecule has 11 heteroatoms. The maximum atomic E-state index is 13.0. The SMILES string of the molecule is COc1ccc(NC(=O)c2coc(CN)c2)cc1S(=O)(=O)N1CCOCC1.Cl. The van der Waals surface area contributed by atoms with Gasteiger partial charge in [-0.2, -0.15) is 4.31 Å². The van der Waals surface area contributed by atoms with Crippen LogP contribution in [0.25, 0.3) is 0 Å². The van der Waals surface area contributed by atoms with Gasteiger partial charge in [0.1, 0.15) is 22.7 Å². The topological polar surface area (TPSA) is 124 Å². The highest BCUT2D eigenvalue weighted by Gasteiger charge is 2.29. The van der Waals surface area contributed by atoms with Crippen LogP contribution in [0.15, 0.2) is 39.8 Å². The number of rotatable bonds is 6. The highest BCUT2D eigenvalue weighted by Crippen LogP contribution is 2.30. The lowest BCUT2D eigenvalue weighted by Gasteiger charge is -2.26. The number of nitrogens with zero attached hydrogens (tertiary/aromatic N) is 1. The highest BCUT2D eigenvalue weighted by atomic mass is 35.5. The van der Waals surface area contributed by atoms with Crippen LogP contribution in [0.2, 0.25) is 0 Å². The number of furan rings is 1. The molecule has 28 heavy (non-hydrogen) atoms. The zero-order valence-electron chi connectivity index (χ0n) is 15.2. The number of halogens is 1. The lowest BCUT2D eigenvalue weighted by atomic mass is 10.2. The molecular formula is C17H22ClN3O6S. The summed E-state index contributed by atoms with van der Waals surface area (Å²) in [6, 6.07) is 5.98. The second kappa shape index (κ2) is 9.39. The number of morpholine rings is 1. The molecule has 1 saturated heterocycles. The molecule has 1 amide bonds. The molecule has 2 heterocycles.